The molecule has 0 saturated heterocycles. The van der Waals surface area contributed by atoms with E-state index >= 15 is 0 Å². The smallest absolute Gasteiger partial charge is 0.244 e. The second-order valence-corrected chi connectivity index (χ2v) is 7.51. The number of aromatic nitrogens is 2. The van der Waals surface area contributed by atoms with Crippen molar-refractivity contribution in [1.82, 2.24) is 14.5 Å². The Bertz CT molecular complexity index is 535. The summed E-state index contributed by atoms with van der Waals surface area (Å²) in [5.74, 6) is 0. The van der Waals surface area contributed by atoms with Crippen molar-refractivity contribution in [2.45, 2.75) is 32.6 Å². The summed E-state index contributed by atoms with van der Waals surface area (Å²) < 4.78 is 28.8. The molecule has 0 amide bonds. The summed E-state index contributed by atoms with van der Waals surface area (Å²) in [5.41, 5.74) is 1.05. The van der Waals surface area contributed by atoms with Gasteiger partial charge in [0, 0.05) is 18.9 Å². The Labute approximate surface area is 117 Å². The van der Waals surface area contributed by atoms with Crippen molar-refractivity contribution in [2.24, 2.45) is 12.5 Å². The summed E-state index contributed by atoms with van der Waals surface area (Å²) in [4.78, 5) is 0.287. The fraction of sp³-hybridized carbons (Fsp3) is 0.727. The van der Waals surface area contributed by atoms with Crippen LogP contribution in [0.3, 0.4) is 0 Å². The molecule has 1 aromatic rings. The van der Waals surface area contributed by atoms with Gasteiger partial charge in [-0.25, -0.2) is 13.1 Å². The average molecular weight is 338 g/mol. The Balaban J connectivity index is 3.01. The van der Waals surface area contributed by atoms with E-state index in [2.05, 4.69) is 25.8 Å². The van der Waals surface area contributed by atoms with E-state index in [1.807, 2.05) is 13.8 Å². The molecule has 1 aromatic heterocycles. The second-order valence-electron chi connectivity index (χ2n) is 5.25. The fourth-order valence-corrected chi connectivity index (χ4v) is 3.43. The zero-order chi connectivity index (χ0) is 14.1. The minimum absolute atomic E-state index is 0.128. The molecule has 0 aliphatic carbocycles. The SMILES string of the molecule is Cc1nn(C)c(C)c1S(=O)(=O)NCC(C)(C)CBr. The van der Waals surface area contributed by atoms with Crippen LogP contribution in [0.4, 0.5) is 0 Å². The highest BCUT2D eigenvalue weighted by Gasteiger charge is 2.26. The van der Waals surface area contributed by atoms with Crippen molar-refractivity contribution >= 4 is 26.0 Å². The van der Waals surface area contributed by atoms with Crippen LogP contribution in [0.15, 0.2) is 4.90 Å². The lowest BCUT2D eigenvalue weighted by atomic mass is 9.98. The van der Waals surface area contributed by atoms with Gasteiger partial charge in [-0.2, -0.15) is 5.10 Å². The van der Waals surface area contributed by atoms with E-state index in [0.717, 1.165) is 5.33 Å². The first-order valence-corrected chi connectivity index (χ1v) is 8.27. The molecule has 1 N–H and O–H groups in total. The molecule has 0 aromatic carbocycles. The molecule has 0 aliphatic heterocycles. The molecule has 7 heteroatoms. The third-order valence-electron chi connectivity index (χ3n) is 2.81. The maximum atomic E-state index is 12.3. The van der Waals surface area contributed by atoms with Crippen molar-refractivity contribution in [1.29, 1.82) is 0 Å². The van der Waals surface area contributed by atoms with Gasteiger partial charge in [-0.3, -0.25) is 4.68 Å². The van der Waals surface area contributed by atoms with Gasteiger partial charge in [0.25, 0.3) is 0 Å². The van der Waals surface area contributed by atoms with E-state index in [4.69, 9.17) is 0 Å². The highest BCUT2D eigenvalue weighted by atomic mass is 79.9. The van der Waals surface area contributed by atoms with Gasteiger partial charge < -0.3 is 0 Å². The van der Waals surface area contributed by atoms with Crippen LogP contribution >= 0.6 is 15.9 Å². The molecule has 0 bridgehead atoms. The number of nitrogens with one attached hydrogen (secondary N) is 1. The number of halogens is 1. The lowest BCUT2D eigenvalue weighted by Gasteiger charge is -2.21. The Morgan fingerprint density at radius 3 is 2.33 bits per heavy atom. The summed E-state index contributed by atoms with van der Waals surface area (Å²) in [6, 6.07) is 0. The van der Waals surface area contributed by atoms with Crippen LogP contribution in [0, 0.1) is 19.3 Å². The number of hydrogen-bond donors (Lipinski definition) is 1. The normalized spacial score (nSPS) is 13.0. The number of rotatable bonds is 5. The standard InChI is InChI=1S/C11H20BrN3O2S/c1-8-10(9(2)15(5)14-8)18(16,17)13-7-11(3,4)6-12/h13H,6-7H2,1-5H3. The molecule has 0 spiro atoms. The van der Waals surface area contributed by atoms with E-state index in [9.17, 15) is 8.42 Å². The highest BCUT2D eigenvalue weighted by molar-refractivity contribution is 9.09. The predicted molar refractivity (Wildman–Crippen MR) is 75.4 cm³/mol. The summed E-state index contributed by atoms with van der Waals surface area (Å²) in [6.07, 6.45) is 0. The lowest BCUT2D eigenvalue weighted by molar-refractivity contribution is 0.420. The van der Waals surface area contributed by atoms with E-state index in [1.165, 1.54) is 0 Å². The van der Waals surface area contributed by atoms with Gasteiger partial charge >= 0.3 is 0 Å². The van der Waals surface area contributed by atoms with Gasteiger partial charge in [0.05, 0.1) is 11.4 Å². The fourth-order valence-electron chi connectivity index (χ4n) is 1.55. The van der Waals surface area contributed by atoms with Gasteiger partial charge in [-0.15, -0.1) is 0 Å². The molecule has 0 saturated carbocycles. The van der Waals surface area contributed by atoms with Crippen molar-refractivity contribution in [3.05, 3.63) is 11.4 Å². The molecule has 0 radical (unpaired) electrons. The number of aryl methyl sites for hydroxylation is 2. The number of sulfonamides is 1. The first kappa shape index (κ1) is 15.7. The molecular weight excluding hydrogens is 318 g/mol. The quantitative estimate of drug-likeness (QED) is 0.832. The number of hydrogen-bond acceptors (Lipinski definition) is 3. The third kappa shape index (κ3) is 3.33. The number of nitrogens with zero attached hydrogens (tertiary/aromatic N) is 2. The van der Waals surface area contributed by atoms with Gasteiger partial charge in [0.15, 0.2) is 0 Å². The van der Waals surface area contributed by atoms with Gasteiger partial charge in [-0.1, -0.05) is 29.8 Å². The number of alkyl halides is 1. The van der Waals surface area contributed by atoms with Crippen LogP contribution < -0.4 is 4.72 Å². The van der Waals surface area contributed by atoms with E-state index < -0.39 is 10.0 Å². The third-order valence-corrected chi connectivity index (χ3v) is 5.98. The highest BCUT2D eigenvalue weighted by Crippen LogP contribution is 2.21. The zero-order valence-electron chi connectivity index (χ0n) is 11.4. The van der Waals surface area contributed by atoms with Crippen molar-refractivity contribution in [3.63, 3.8) is 0 Å². The van der Waals surface area contributed by atoms with Crippen LogP contribution in [0.5, 0.6) is 0 Å². The molecule has 0 aliphatic rings. The van der Waals surface area contributed by atoms with Crippen molar-refractivity contribution in [3.8, 4) is 0 Å². The summed E-state index contributed by atoms with van der Waals surface area (Å²) in [5, 5.41) is 4.86. The van der Waals surface area contributed by atoms with Crippen LogP contribution in [-0.2, 0) is 17.1 Å². The van der Waals surface area contributed by atoms with Crippen molar-refractivity contribution < 1.29 is 8.42 Å². The van der Waals surface area contributed by atoms with Gasteiger partial charge in [0.2, 0.25) is 10.0 Å². The second kappa shape index (κ2) is 5.30. The molecule has 0 atom stereocenters. The Hall–Kier alpha value is -0.400. The molecule has 1 rings (SSSR count). The van der Waals surface area contributed by atoms with Gasteiger partial charge in [-0.05, 0) is 19.3 Å². The maximum absolute atomic E-state index is 12.3. The Morgan fingerprint density at radius 1 is 1.39 bits per heavy atom. The first-order chi connectivity index (χ1) is 8.10. The minimum atomic E-state index is -3.50. The molecule has 0 fully saturated rings. The molecular formula is C11H20BrN3O2S. The van der Waals surface area contributed by atoms with Crippen LogP contribution in [0.2, 0.25) is 0 Å². The Morgan fingerprint density at radius 2 is 1.94 bits per heavy atom. The molecule has 104 valence electrons. The van der Waals surface area contributed by atoms with Crippen molar-refractivity contribution in [2.75, 3.05) is 11.9 Å². The van der Waals surface area contributed by atoms with Crippen LogP contribution in [0.1, 0.15) is 25.2 Å². The monoisotopic (exact) mass is 337 g/mol. The molecule has 5 nitrogen and oxygen atoms in total. The van der Waals surface area contributed by atoms with E-state index in [-0.39, 0.29) is 10.3 Å². The topological polar surface area (TPSA) is 64.0 Å². The molecule has 0 unspecified atom stereocenters. The summed E-state index contributed by atoms with van der Waals surface area (Å²) in [7, 11) is -1.76. The molecule has 1 heterocycles. The maximum Gasteiger partial charge on any atom is 0.244 e. The summed E-state index contributed by atoms with van der Waals surface area (Å²) >= 11 is 3.38. The van der Waals surface area contributed by atoms with Crippen LogP contribution in [-0.4, -0.2) is 30.1 Å². The van der Waals surface area contributed by atoms with E-state index in [1.54, 1.807) is 25.6 Å². The lowest BCUT2D eigenvalue weighted by Crippen LogP contribution is -2.35. The van der Waals surface area contributed by atoms with Crippen LogP contribution in [0.25, 0.3) is 0 Å². The summed E-state index contributed by atoms with van der Waals surface area (Å²) in [6.45, 7) is 7.83. The molecule has 18 heavy (non-hydrogen) atoms. The predicted octanol–water partition coefficient (Wildman–Crippen LogP) is 1.74. The average Bonchev–Trinajstić information content (AvgIpc) is 2.51. The zero-order valence-corrected chi connectivity index (χ0v) is 13.8. The Kier molecular flexibility index (Phi) is 4.61. The minimum Gasteiger partial charge on any atom is -0.271 e. The van der Waals surface area contributed by atoms with Gasteiger partial charge in [0.1, 0.15) is 4.90 Å². The first-order valence-electron chi connectivity index (χ1n) is 5.66. The largest absolute Gasteiger partial charge is 0.271 e. The van der Waals surface area contributed by atoms with E-state index in [0.29, 0.717) is 17.9 Å².